The van der Waals surface area contributed by atoms with E-state index < -0.39 is 5.56 Å². The van der Waals surface area contributed by atoms with E-state index in [4.69, 9.17) is 0 Å². The van der Waals surface area contributed by atoms with Crippen molar-refractivity contribution in [2.75, 3.05) is 19.6 Å². The van der Waals surface area contributed by atoms with E-state index in [9.17, 15) is 14.4 Å². The smallest absolute Gasteiger partial charge is 0.330 e. The summed E-state index contributed by atoms with van der Waals surface area (Å²) in [6.45, 7) is 2.90. The van der Waals surface area contributed by atoms with Gasteiger partial charge in [0.15, 0.2) is 0 Å². The Morgan fingerprint density at radius 3 is 2.39 bits per heavy atom. The highest BCUT2D eigenvalue weighted by atomic mass is 16.2. The third-order valence-electron chi connectivity index (χ3n) is 6.29. The Morgan fingerprint density at radius 2 is 1.71 bits per heavy atom. The maximum absolute atomic E-state index is 12.4. The molecule has 2 heterocycles. The Hall–Kier alpha value is -2.15. The molecule has 2 fully saturated rings. The second kappa shape index (κ2) is 8.90. The van der Waals surface area contributed by atoms with Crippen LogP contribution in [0.2, 0.25) is 0 Å². The van der Waals surface area contributed by atoms with Crippen molar-refractivity contribution in [3.63, 3.8) is 0 Å². The molecule has 1 aliphatic carbocycles. The molecule has 0 unspecified atom stereocenters. The van der Waals surface area contributed by atoms with E-state index in [0.717, 1.165) is 30.5 Å². The van der Waals surface area contributed by atoms with Crippen LogP contribution >= 0.6 is 0 Å². The summed E-state index contributed by atoms with van der Waals surface area (Å²) >= 11 is 0. The van der Waals surface area contributed by atoms with E-state index in [1.54, 1.807) is 7.05 Å². The van der Waals surface area contributed by atoms with Gasteiger partial charge in [-0.25, -0.2) is 4.79 Å². The maximum atomic E-state index is 12.4. The minimum absolute atomic E-state index is 0.0783. The molecule has 2 aliphatic rings. The van der Waals surface area contributed by atoms with Crippen molar-refractivity contribution in [1.82, 2.24) is 19.4 Å². The normalized spacial score (nSPS) is 20.4. The molecule has 3 rings (SSSR count). The monoisotopic (exact) mass is 388 g/mol. The molecule has 7 nitrogen and oxygen atoms in total. The summed E-state index contributed by atoms with van der Waals surface area (Å²) in [6, 6.07) is 0. The summed E-state index contributed by atoms with van der Waals surface area (Å²) in [5.41, 5.74) is -0.380. The number of aryl methyl sites for hydroxylation is 1. The van der Waals surface area contributed by atoms with Gasteiger partial charge in [0.05, 0.1) is 5.56 Å². The number of nitrogens with zero attached hydrogens (tertiary/aromatic N) is 3. The van der Waals surface area contributed by atoms with Crippen molar-refractivity contribution in [1.29, 1.82) is 0 Å². The lowest BCUT2D eigenvalue weighted by atomic mass is 9.79. The molecule has 7 heteroatoms. The molecule has 0 atom stereocenters. The van der Waals surface area contributed by atoms with Crippen molar-refractivity contribution >= 4 is 12.0 Å². The van der Waals surface area contributed by atoms with Gasteiger partial charge in [-0.05, 0) is 44.8 Å². The van der Waals surface area contributed by atoms with Gasteiger partial charge in [0, 0.05) is 38.5 Å². The molecular formula is C21H32N4O3. The average Bonchev–Trinajstić information content (AvgIpc) is 2.73. The number of rotatable bonds is 5. The maximum Gasteiger partial charge on any atom is 0.330 e. The van der Waals surface area contributed by atoms with Crippen molar-refractivity contribution in [3.05, 3.63) is 38.7 Å². The lowest BCUT2D eigenvalue weighted by molar-refractivity contribution is -0.117. The highest BCUT2D eigenvalue weighted by Gasteiger charge is 2.38. The molecule has 1 aromatic rings. The SMILES string of the molecule is Cn1cc(/C=C/C(=O)NCC2(N3CCCCC3)CCCCC2)c(=O)n(C)c1=O. The van der Waals surface area contributed by atoms with Crippen LogP contribution in [-0.2, 0) is 18.9 Å². The lowest BCUT2D eigenvalue weighted by Crippen LogP contribution is -2.58. The van der Waals surface area contributed by atoms with Crippen LogP contribution in [0.15, 0.2) is 21.9 Å². The summed E-state index contributed by atoms with van der Waals surface area (Å²) in [4.78, 5) is 39.0. The molecule has 1 saturated carbocycles. The van der Waals surface area contributed by atoms with Crippen LogP contribution in [0.5, 0.6) is 0 Å². The Labute approximate surface area is 166 Å². The largest absolute Gasteiger partial charge is 0.351 e. The van der Waals surface area contributed by atoms with E-state index in [2.05, 4.69) is 10.2 Å². The molecule has 1 aromatic heterocycles. The summed E-state index contributed by atoms with van der Waals surface area (Å²) in [5, 5.41) is 3.08. The van der Waals surface area contributed by atoms with Crippen LogP contribution in [0.25, 0.3) is 6.08 Å². The fourth-order valence-corrected chi connectivity index (χ4v) is 4.61. The van der Waals surface area contributed by atoms with Gasteiger partial charge < -0.3 is 9.88 Å². The molecule has 1 N–H and O–H groups in total. The predicted octanol–water partition coefficient (Wildman–Crippen LogP) is 1.40. The summed E-state index contributed by atoms with van der Waals surface area (Å²) in [5.74, 6) is -0.196. The molecule has 0 spiro atoms. The number of hydrogen-bond acceptors (Lipinski definition) is 4. The number of aromatic nitrogens is 2. The summed E-state index contributed by atoms with van der Waals surface area (Å²) in [6.07, 6.45) is 14.1. The van der Waals surface area contributed by atoms with Crippen molar-refractivity contribution in [2.45, 2.75) is 56.9 Å². The van der Waals surface area contributed by atoms with Gasteiger partial charge in [-0.15, -0.1) is 0 Å². The molecule has 0 bridgehead atoms. The second-order valence-electron chi connectivity index (χ2n) is 8.23. The quantitative estimate of drug-likeness (QED) is 0.774. The Bertz CT molecular complexity index is 840. The fourth-order valence-electron chi connectivity index (χ4n) is 4.61. The molecule has 0 radical (unpaired) electrons. The van der Waals surface area contributed by atoms with Crippen LogP contribution in [0.1, 0.15) is 56.9 Å². The van der Waals surface area contributed by atoms with E-state index in [0.29, 0.717) is 12.1 Å². The second-order valence-corrected chi connectivity index (χ2v) is 8.23. The van der Waals surface area contributed by atoms with Crippen LogP contribution in [0, 0.1) is 0 Å². The molecule has 1 saturated heterocycles. The minimum atomic E-state index is -0.399. The standard InChI is InChI=1S/C21H32N4O3/c1-23-15-17(19(27)24(2)20(23)28)9-10-18(26)22-16-21(11-5-3-6-12-21)25-13-7-4-8-14-25/h9-10,15H,3-8,11-14,16H2,1-2H3,(H,22,26)/b10-9+. The number of carbonyl (C=O) groups excluding carboxylic acids is 1. The molecular weight excluding hydrogens is 356 g/mol. The third kappa shape index (κ3) is 4.46. The molecule has 154 valence electrons. The highest BCUT2D eigenvalue weighted by molar-refractivity contribution is 5.91. The molecule has 0 aromatic carbocycles. The molecule has 1 aliphatic heterocycles. The number of amides is 1. The zero-order valence-electron chi connectivity index (χ0n) is 17.1. The van der Waals surface area contributed by atoms with Gasteiger partial charge in [0.1, 0.15) is 0 Å². The Balaban J connectivity index is 1.67. The first kappa shape index (κ1) is 20.6. The van der Waals surface area contributed by atoms with Crippen molar-refractivity contribution in [2.24, 2.45) is 14.1 Å². The fraction of sp³-hybridized carbons (Fsp3) is 0.667. The van der Waals surface area contributed by atoms with Gasteiger partial charge in [-0.3, -0.25) is 19.1 Å². The number of carbonyl (C=O) groups is 1. The Morgan fingerprint density at radius 1 is 1.07 bits per heavy atom. The number of nitrogens with one attached hydrogen (secondary N) is 1. The number of piperidine rings is 1. The van der Waals surface area contributed by atoms with Gasteiger partial charge in [0.25, 0.3) is 5.56 Å². The third-order valence-corrected chi connectivity index (χ3v) is 6.29. The molecule has 28 heavy (non-hydrogen) atoms. The van der Waals surface area contributed by atoms with Crippen LogP contribution in [-0.4, -0.2) is 45.1 Å². The van der Waals surface area contributed by atoms with Gasteiger partial charge in [-0.2, -0.15) is 0 Å². The summed E-state index contributed by atoms with van der Waals surface area (Å²) < 4.78 is 2.39. The number of hydrogen-bond donors (Lipinski definition) is 1. The first-order valence-corrected chi connectivity index (χ1v) is 10.4. The van der Waals surface area contributed by atoms with Crippen molar-refractivity contribution < 1.29 is 4.79 Å². The summed E-state index contributed by atoms with van der Waals surface area (Å²) in [7, 11) is 3.03. The zero-order valence-corrected chi connectivity index (χ0v) is 17.1. The van der Waals surface area contributed by atoms with E-state index in [1.807, 2.05) is 0 Å². The topological polar surface area (TPSA) is 76.3 Å². The van der Waals surface area contributed by atoms with Gasteiger partial charge >= 0.3 is 5.69 Å². The van der Waals surface area contributed by atoms with Gasteiger partial charge in [0.2, 0.25) is 5.91 Å². The first-order valence-electron chi connectivity index (χ1n) is 10.4. The van der Waals surface area contributed by atoms with E-state index >= 15 is 0 Å². The van der Waals surface area contributed by atoms with Gasteiger partial charge in [-0.1, -0.05) is 25.7 Å². The predicted molar refractivity (Wildman–Crippen MR) is 110 cm³/mol. The van der Waals surface area contributed by atoms with Crippen LogP contribution in [0.3, 0.4) is 0 Å². The zero-order chi connectivity index (χ0) is 20.1. The lowest BCUT2D eigenvalue weighted by Gasteiger charge is -2.48. The van der Waals surface area contributed by atoms with E-state index in [-0.39, 0.29) is 17.1 Å². The molecule has 1 amide bonds. The van der Waals surface area contributed by atoms with Crippen LogP contribution in [0.4, 0.5) is 0 Å². The van der Waals surface area contributed by atoms with Crippen molar-refractivity contribution in [3.8, 4) is 0 Å². The average molecular weight is 389 g/mol. The van der Waals surface area contributed by atoms with Crippen LogP contribution < -0.4 is 16.6 Å². The first-order chi connectivity index (χ1) is 13.4. The Kier molecular flexibility index (Phi) is 6.54. The highest BCUT2D eigenvalue weighted by Crippen LogP contribution is 2.35. The number of likely N-dealkylation sites (tertiary alicyclic amines) is 1. The van der Waals surface area contributed by atoms with E-state index in [1.165, 1.54) is 68.5 Å². The minimum Gasteiger partial charge on any atom is -0.351 e.